The van der Waals surface area contributed by atoms with Gasteiger partial charge in [-0.05, 0) is 30.9 Å². The maximum absolute atomic E-state index is 14.3. The van der Waals surface area contributed by atoms with Crippen LogP contribution in [0.5, 0.6) is 0 Å². The zero-order chi connectivity index (χ0) is 16.8. The van der Waals surface area contributed by atoms with Gasteiger partial charge in [-0.15, -0.1) is 12.4 Å². The summed E-state index contributed by atoms with van der Waals surface area (Å²) in [5.41, 5.74) is 4.88. The number of amides is 1. The molecule has 8 heteroatoms. The molecule has 24 heavy (non-hydrogen) atoms. The van der Waals surface area contributed by atoms with Crippen LogP contribution in [-0.4, -0.2) is 35.0 Å². The number of carboxylic acids is 1. The number of nitrogens with zero attached hydrogens (tertiary/aromatic N) is 1. The van der Waals surface area contributed by atoms with Crippen molar-refractivity contribution in [3.63, 3.8) is 0 Å². The number of carbonyl (C=O) groups excluding carboxylic acids is 1. The summed E-state index contributed by atoms with van der Waals surface area (Å²) in [4.78, 5) is 25.5. The van der Waals surface area contributed by atoms with Gasteiger partial charge in [0.25, 0.3) is 0 Å². The van der Waals surface area contributed by atoms with Crippen LogP contribution in [0.3, 0.4) is 0 Å². The van der Waals surface area contributed by atoms with E-state index in [2.05, 4.69) is 15.9 Å². The molecule has 0 spiro atoms. The summed E-state index contributed by atoms with van der Waals surface area (Å²) in [6.07, 6.45) is 2.29. The van der Waals surface area contributed by atoms with Gasteiger partial charge in [0.1, 0.15) is 11.9 Å². The van der Waals surface area contributed by atoms with Crippen molar-refractivity contribution < 1.29 is 19.1 Å². The monoisotopic (exact) mass is 420 g/mol. The summed E-state index contributed by atoms with van der Waals surface area (Å²) >= 11 is 3.19. The molecule has 1 aromatic rings. The minimum absolute atomic E-state index is 0. The lowest BCUT2D eigenvalue weighted by Crippen LogP contribution is -2.40. The Kier molecular flexibility index (Phi) is 5.57. The lowest BCUT2D eigenvalue weighted by atomic mass is 9.81. The van der Waals surface area contributed by atoms with Crippen molar-refractivity contribution in [3.8, 4) is 0 Å². The van der Waals surface area contributed by atoms with Crippen LogP contribution in [0.2, 0.25) is 0 Å². The predicted octanol–water partition coefficient (Wildman–Crippen LogP) is 2.72. The molecule has 1 amide bonds. The number of fused-ring (bicyclic) bond motifs is 1. The van der Waals surface area contributed by atoms with E-state index in [-0.39, 0.29) is 30.4 Å². The van der Waals surface area contributed by atoms with Crippen LogP contribution in [0, 0.1) is 17.2 Å². The number of nitrogens with two attached hydrogens (primary N) is 1. The third-order valence-corrected chi connectivity index (χ3v) is 5.71. The largest absolute Gasteiger partial charge is 0.481 e. The molecule has 1 aliphatic heterocycles. The van der Waals surface area contributed by atoms with Crippen molar-refractivity contribution in [3.05, 3.63) is 34.1 Å². The van der Waals surface area contributed by atoms with Gasteiger partial charge < -0.3 is 10.8 Å². The summed E-state index contributed by atoms with van der Waals surface area (Å²) in [5.74, 6) is -2.03. The van der Waals surface area contributed by atoms with Crippen LogP contribution in [0.1, 0.15) is 30.9 Å². The molecule has 3 rings (SSSR count). The van der Waals surface area contributed by atoms with Crippen molar-refractivity contribution >= 4 is 40.2 Å². The van der Waals surface area contributed by atoms with Gasteiger partial charge in [0.05, 0.1) is 5.41 Å². The minimum atomic E-state index is -0.940. The first kappa shape index (κ1) is 19.1. The Morgan fingerprint density at radius 3 is 2.71 bits per heavy atom. The van der Waals surface area contributed by atoms with E-state index < -0.39 is 29.2 Å². The van der Waals surface area contributed by atoms with Crippen LogP contribution in [0.25, 0.3) is 0 Å². The number of primary amides is 1. The quantitative estimate of drug-likeness (QED) is 0.783. The van der Waals surface area contributed by atoms with Crippen molar-refractivity contribution in [2.24, 2.45) is 17.1 Å². The lowest BCUT2D eigenvalue weighted by molar-refractivity contribution is -0.149. The molecule has 1 saturated heterocycles. The van der Waals surface area contributed by atoms with Crippen LogP contribution < -0.4 is 5.73 Å². The molecule has 3 N–H and O–H groups in total. The molecule has 1 unspecified atom stereocenters. The Bertz CT molecular complexity index is 675. The molecular formula is C16H19BrClFN2O3. The summed E-state index contributed by atoms with van der Waals surface area (Å²) in [7, 11) is 0. The van der Waals surface area contributed by atoms with Gasteiger partial charge in [-0.25, -0.2) is 4.39 Å². The number of aliphatic carboxylic acids is 1. The zero-order valence-corrected chi connectivity index (χ0v) is 15.3. The fraction of sp³-hybridized carbons (Fsp3) is 0.500. The van der Waals surface area contributed by atoms with E-state index in [1.54, 1.807) is 11.0 Å². The van der Waals surface area contributed by atoms with E-state index in [0.717, 1.165) is 12.8 Å². The third kappa shape index (κ3) is 3.05. The van der Waals surface area contributed by atoms with E-state index in [0.29, 0.717) is 17.4 Å². The highest BCUT2D eigenvalue weighted by atomic mass is 79.9. The second-order valence-electron chi connectivity index (χ2n) is 6.45. The Morgan fingerprint density at radius 2 is 2.17 bits per heavy atom. The van der Waals surface area contributed by atoms with Crippen molar-refractivity contribution in [2.75, 3.05) is 13.1 Å². The molecule has 1 aliphatic carbocycles. The van der Waals surface area contributed by atoms with Crippen LogP contribution in [-0.2, 0) is 9.59 Å². The molecule has 2 aliphatic rings. The molecule has 0 radical (unpaired) electrons. The number of rotatable bonds is 4. The summed E-state index contributed by atoms with van der Waals surface area (Å²) in [6, 6.07) is 3.52. The molecule has 132 valence electrons. The van der Waals surface area contributed by atoms with Gasteiger partial charge in [0.2, 0.25) is 5.91 Å². The second-order valence-corrected chi connectivity index (χ2v) is 7.37. The highest BCUT2D eigenvalue weighted by Gasteiger charge is 2.56. The fourth-order valence-electron chi connectivity index (χ4n) is 4.13. The highest BCUT2D eigenvalue weighted by Crippen LogP contribution is 2.50. The zero-order valence-electron chi connectivity index (χ0n) is 12.9. The maximum Gasteiger partial charge on any atom is 0.311 e. The number of likely N-dealkylation sites (tertiary alicyclic amines) is 1. The first-order valence-corrected chi connectivity index (χ1v) is 8.36. The SMILES string of the molecule is Cl.NC(=O)C(c1ccc(Br)cc1F)N1C[C@@H]2CCC[C@@]2(C(=O)O)C1. The van der Waals surface area contributed by atoms with Gasteiger partial charge in [0.15, 0.2) is 0 Å². The lowest BCUT2D eigenvalue weighted by Gasteiger charge is -2.28. The van der Waals surface area contributed by atoms with E-state index >= 15 is 0 Å². The Labute approximate surface area is 153 Å². The predicted molar refractivity (Wildman–Crippen MR) is 92.3 cm³/mol. The topological polar surface area (TPSA) is 83.6 Å². The molecule has 2 fully saturated rings. The van der Waals surface area contributed by atoms with Crippen LogP contribution >= 0.6 is 28.3 Å². The number of halogens is 3. The first-order valence-electron chi connectivity index (χ1n) is 7.57. The number of benzene rings is 1. The standard InChI is InChI=1S/C16H18BrFN2O3.ClH/c17-10-3-4-11(12(18)6-10)13(14(19)21)20-7-9-2-1-5-16(9,8-20)15(22)23;/h3-4,6,9,13H,1-2,5,7-8H2,(H2,19,21)(H,22,23);1H/t9-,13?,16+;/m0./s1. The van der Waals surface area contributed by atoms with E-state index in [1.807, 2.05) is 0 Å². The van der Waals surface area contributed by atoms with Gasteiger partial charge >= 0.3 is 5.97 Å². The van der Waals surface area contributed by atoms with Crippen molar-refractivity contribution in [2.45, 2.75) is 25.3 Å². The minimum Gasteiger partial charge on any atom is -0.481 e. The molecule has 3 atom stereocenters. The molecule has 0 bridgehead atoms. The number of hydrogen-bond donors (Lipinski definition) is 2. The van der Waals surface area contributed by atoms with Crippen molar-refractivity contribution in [1.29, 1.82) is 0 Å². The maximum atomic E-state index is 14.3. The summed E-state index contributed by atoms with van der Waals surface area (Å²) in [6.45, 7) is 0.686. The summed E-state index contributed by atoms with van der Waals surface area (Å²) < 4.78 is 14.8. The molecule has 0 aromatic heterocycles. The second kappa shape index (κ2) is 6.98. The molecule has 1 aromatic carbocycles. The normalized spacial score (nSPS) is 27.3. The average molecular weight is 422 g/mol. The number of carboxylic acid groups (broad SMARTS) is 1. The third-order valence-electron chi connectivity index (χ3n) is 5.21. The van der Waals surface area contributed by atoms with Gasteiger partial charge in [-0.1, -0.05) is 28.4 Å². The fourth-order valence-corrected chi connectivity index (χ4v) is 4.46. The Morgan fingerprint density at radius 1 is 1.46 bits per heavy atom. The van der Waals surface area contributed by atoms with Gasteiger partial charge in [0, 0.05) is 23.1 Å². The van der Waals surface area contributed by atoms with E-state index in [9.17, 15) is 19.1 Å². The van der Waals surface area contributed by atoms with Gasteiger partial charge in [-0.3, -0.25) is 14.5 Å². The van der Waals surface area contributed by atoms with Crippen molar-refractivity contribution in [1.82, 2.24) is 4.90 Å². The van der Waals surface area contributed by atoms with E-state index in [1.165, 1.54) is 12.1 Å². The van der Waals surface area contributed by atoms with E-state index in [4.69, 9.17) is 5.73 Å². The highest BCUT2D eigenvalue weighted by molar-refractivity contribution is 9.10. The number of carbonyl (C=O) groups is 2. The Hall–Kier alpha value is -1.18. The number of hydrogen-bond acceptors (Lipinski definition) is 3. The molecule has 5 nitrogen and oxygen atoms in total. The molecule has 1 saturated carbocycles. The van der Waals surface area contributed by atoms with Gasteiger partial charge in [-0.2, -0.15) is 0 Å². The smallest absolute Gasteiger partial charge is 0.311 e. The van der Waals surface area contributed by atoms with Crippen LogP contribution in [0.15, 0.2) is 22.7 Å². The van der Waals surface area contributed by atoms with Crippen LogP contribution in [0.4, 0.5) is 4.39 Å². The first-order chi connectivity index (χ1) is 10.8. The summed E-state index contributed by atoms with van der Waals surface area (Å²) in [5, 5.41) is 9.65. The Balaban J connectivity index is 0.00000208. The average Bonchev–Trinajstić information content (AvgIpc) is 2.99. The molecular weight excluding hydrogens is 403 g/mol. The molecule has 1 heterocycles.